The van der Waals surface area contributed by atoms with Crippen LogP contribution in [0.5, 0.6) is 0 Å². The summed E-state index contributed by atoms with van der Waals surface area (Å²) in [5, 5.41) is 0. The van der Waals surface area contributed by atoms with Gasteiger partial charge in [-0.15, -0.1) is 0 Å². The first-order chi connectivity index (χ1) is 9.60. The maximum atomic E-state index is 12.8. The molecule has 2 nitrogen and oxygen atoms in total. The van der Waals surface area contributed by atoms with E-state index in [0.717, 1.165) is 12.0 Å². The monoisotopic (exact) mass is 290 g/mol. The van der Waals surface area contributed by atoms with Gasteiger partial charge in [0.15, 0.2) is 5.78 Å². The molecular weight excluding hydrogens is 275 g/mol. The van der Waals surface area contributed by atoms with E-state index in [9.17, 15) is 13.4 Å². The fraction of sp³-hybridized carbons (Fsp3) is 0.188. The van der Waals surface area contributed by atoms with Crippen LogP contribution >= 0.6 is 0 Å². The average Bonchev–Trinajstić information content (AvgIpc) is 2.48. The lowest BCUT2D eigenvalue weighted by molar-refractivity contribution is 0.102. The number of aryl methyl sites for hydroxylation is 1. The molecule has 0 aliphatic rings. The second-order valence-corrected chi connectivity index (χ2v) is 5.87. The third-order valence-electron chi connectivity index (χ3n) is 3.02. The molecule has 20 heavy (non-hydrogen) atoms. The first-order valence-corrected chi connectivity index (χ1v) is 7.68. The summed E-state index contributed by atoms with van der Waals surface area (Å²) in [6.07, 6.45) is 0.913. The van der Waals surface area contributed by atoms with Crippen LogP contribution in [0.2, 0.25) is 0 Å². The van der Waals surface area contributed by atoms with Crippen molar-refractivity contribution in [2.45, 2.75) is 18.2 Å². The van der Waals surface area contributed by atoms with Gasteiger partial charge in [0.1, 0.15) is 5.82 Å². The van der Waals surface area contributed by atoms with Gasteiger partial charge >= 0.3 is 0 Å². The highest BCUT2D eigenvalue weighted by Crippen LogP contribution is 2.11. The predicted octanol–water partition coefficient (Wildman–Crippen LogP) is 3.38. The second kappa shape index (κ2) is 6.57. The van der Waals surface area contributed by atoms with E-state index in [-0.39, 0.29) is 17.4 Å². The summed E-state index contributed by atoms with van der Waals surface area (Å²) in [7, 11) is -1.45. The van der Waals surface area contributed by atoms with Crippen LogP contribution in [-0.4, -0.2) is 15.7 Å². The highest BCUT2D eigenvalue weighted by molar-refractivity contribution is 7.85. The van der Waals surface area contributed by atoms with Gasteiger partial charge < -0.3 is 0 Å². The van der Waals surface area contributed by atoms with Crippen molar-refractivity contribution in [3.63, 3.8) is 0 Å². The zero-order chi connectivity index (χ0) is 14.5. The number of benzene rings is 2. The number of hydrogen-bond donors (Lipinski definition) is 0. The van der Waals surface area contributed by atoms with E-state index < -0.39 is 10.8 Å². The molecule has 1 atom stereocenters. The lowest BCUT2D eigenvalue weighted by Gasteiger charge is -2.03. The minimum atomic E-state index is -1.45. The summed E-state index contributed by atoms with van der Waals surface area (Å²) in [4.78, 5) is 12.5. The van der Waals surface area contributed by atoms with Crippen molar-refractivity contribution >= 4 is 16.6 Å². The molecule has 0 fully saturated rings. The lowest BCUT2D eigenvalue weighted by atomic mass is 10.1. The van der Waals surface area contributed by atoms with E-state index >= 15 is 0 Å². The van der Waals surface area contributed by atoms with Crippen LogP contribution in [0, 0.1) is 5.82 Å². The molecule has 0 bridgehead atoms. The van der Waals surface area contributed by atoms with Crippen molar-refractivity contribution in [3.8, 4) is 0 Å². The van der Waals surface area contributed by atoms with Gasteiger partial charge in [0, 0.05) is 10.5 Å². The normalized spacial score (nSPS) is 12.1. The topological polar surface area (TPSA) is 34.1 Å². The van der Waals surface area contributed by atoms with Crippen LogP contribution in [0.3, 0.4) is 0 Å². The predicted molar refractivity (Wildman–Crippen MR) is 77.8 cm³/mol. The van der Waals surface area contributed by atoms with Crippen molar-refractivity contribution in [3.05, 3.63) is 65.5 Å². The Labute approximate surface area is 120 Å². The Hall–Kier alpha value is -1.81. The van der Waals surface area contributed by atoms with Crippen LogP contribution in [0.1, 0.15) is 22.8 Å². The van der Waals surface area contributed by atoms with Gasteiger partial charge in [-0.05, 0) is 36.2 Å². The molecule has 1 unspecified atom stereocenters. The van der Waals surface area contributed by atoms with E-state index in [1.165, 1.54) is 24.3 Å². The standard InChI is InChI=1S/C16H15FO2S/c1-2-12-3-5-13(6-4-12)16(18)11-20(19)15-9-7-14(17)8-10-15/h3-10H,2,11H2,1H3. The van der Waals surface area contributed by atoms with Gasteiger partial charge in [0.25, 0.3) is 0 Å². The van der Waals surface area contributed by atoms with E-state index in [2.05, 4.69) is 0 Å². The largest absolute Gasteiger partial charge is 0.293 e. The zero-order valence-electron chi connectivity index (χ0n) is 11.1. The number of rotatable bonds is 5. The zero-order valence-corrected chi connectivity index (χ0v) is 12.0. The van der Waals surface area contributed by atoms with Crippen LogP contribution in [0.25, 0.3) is 0 Å². The highest BCUT2D eigenvalue weighted by Gasteiger charge is 2.12. The Balaban J connectivity index is 2.06. The minimum Gasteiger partial charge on any atom is -0.293 e. The number of hydrogen-bond acceptors (Lipinski definition) is 2. The maximum Gasteiger partial charge on any atom is 0.175 e. The van der Waals surface area contributed by atoms with Gasteiger partial charge in [-0.2, -0.15) is 0 Å². The Kier molecular flexibility index (Phi) is 4.79. The summed E-state index contributed by atoms with van der Waals surface area (Å²) in [6.45, 7) is 2.04. The Morgan fingerprint density at radius 3 is 2.20 bits per heavy atom. The number of ketones is 1. The van der Waals surface area contributed by atoms with Crippen molar-refractivity contribution in [1.29, 1.82) is 0 Å². The van der Waals surface area contributed by atoms with Crippen LogP contribution in [0.15, 0.2) is 53.4 Å². The molecule has 0 N–H and O–H groups in total. The molecular formula is C16H15FO2S. The van der Waals surface area contributed by atoms with Crippen molar-refractivity contribution in [2.24, 2.45) is 0 Å². The van der Waals surface area contributed by atoms with Gasteiger partial charge in [-0.25, -0.2) is 4.39 Å². The molecule has 0 amide bonds. The van der Waals surface area contributed by atoms with Gasteiger partial charge in [-0.3, -0.25) is 9.00 Å². The van der Waals surface area contributed by atoms with Gasteiger partial charge in [0.2, 0.25) is 0 Å². The molecule has 2 rings (SSSR count). The van der Waals surface area contributed by atoms with Crippen molar-refractivity contribution < 1.29 is 13.4 Å². The SMILES string of the molecule is CCc1ccc(C(=O)CS(=O)c2ccc(F)cc2)cc1. The summed E-state index contributed by atoms with van der Waals surface area (Å²) in [5.74, 6) is -0.639. The van der Waals surface area contributed by atoms with Crippen LogP contribution < -0.4 is 0 Å². The molecule has 0 saturated heterocycles. The number of carbonyl (C=O) groups excluding carboxylic acids is 1. The quantitative estimate of drug-likeness (QED) is 0.791. The first-order valence-electron chi connectivity index (χ1n) is 6.36. The van der Waals surface area contributed by atoms with E-state index in [1.807, 2.05) is 19.1 Å². The Bertz CT molecular complexity index is 618. The maximum absolute atomic E-state index is 12.8. The number of carbonyl (C=O) groups is 1. The van der Waals surface area contributed by atoms with E-state index in [4.69, 9.17) is 0 Å². The molecule has 0 aromatic heterocycles. The van der Waals surface area contributed by atoms with Crippen molar-refractivity contribution in [2.75, 3.05) is 5.75 Å². The highest BCUT2D eigenvalue weighted by atomic mass is 32.2. The molecule has 0 spiro atoms. The third-order valence-corrected chi connectivity index (χ3v) is 4.35. The molecule has 0 aliphatic carbocycles. The molecule has 4 heteroatoms. The second-order valence-electron chi connectivity index (χ2n) is 4.42. The summed E-state index contributed by atoms with van der Waals surface area (Å²) in [6, 6.07) is 12.7. The Morgan fingerprint density at radius 1 is 1.05 bits per heavy atom. The molecule has 0 radical (unpaired) electrons. The summed E-state index contributed by atoms with van der Waals surface area (Å²) < 4.78 is 24.8. The molecule has 104 valence electrons. The van der Waals surface area contributed by atoms with E-state index in [1.54, 1.807) is 12.1 Å². The van der Waals surface area contributed by atoms with Gasteiger partial charge in [0.05, 0.1) is 16.6 Å². The lowest BCUT2D eigenvalue weighted by Crippen LogP contribution is -2.11. The molecule has 0 heterocycles. The molecule has 2 aromatic rings. The van der Waals surface area contributed by atoms with E-state index in [0.29, 0.717) is 10.5 Å². The average molecular weight is 290 g/mol. The molecule has 2 aromatic carbocycles. The Morgan fingerprint density at radius 2 is 1.65 bits per heavy atom. The third kappa shape index (κ3) is 3.61. The minimum absolute atomic E-state index is 0.0862. The van der Waals surface area contributed by atoms with Crippen LogP contribution in [0.4, 0.5) is 4.39 Å². The fourth-order valence-corrected chi connectivity index (χ4v) is 2.81. The van der Waals surface area contributed by atoms with Crippen LogP contribution in [-0.2, 0) is 17.2 Å². The number of halogens is 1. The first kappa shape index (κ1) is 14.6. The summed E-state index contributed by atoms with van der Waals surface area (Å²) >= 11 is 0. The fourth-order valence-electron chi connectivity index (χ4n) is 1.80. The van der Waals surface area contributed by atoms with Gasteiger partial charge in [-0.1, -0.05) is 31.2 Å². The summed E-state index contributed by atoms with van der Waals surface area (Å²) in [5.41, 5.74) is 1.71. The smallest absolute Gasteiger partial charge is 0.175 e. The molecule has 0 aliphatic heterocycles. The molecule has 0 saturated carbocycles. The number of Topliss-reactive ketones (excluding diaryl/α,β-unsaturated/α-hetero) is 1. The van der Waals surface area contributed by atoms with Crippen molar-refractivity contribution in [1.82, 2.24) is 0 Å².